The van der Waals surface area contributed by atoms with Crippen molar-refractivity contribution in [3.05, 3.63) is 59.7 Å². The fourth-order valence-corrected chi connectivity index (χ4v) is 3.38. The summed E-state index contributed by atoms with van der Waals surface area (Å²) < 4.78 is 27.5. The molecule has 1 fully saturated rings. The summed E-state index contributed by atoms with van der Waals surface area (Å²) in [4.78, 5) is 23.6. The molecule has 0 heterocycles. The Balaban J connectivity index is 1.71. The Hall–Kier alpha value is -2.87. The first-order valence-corrected chi connectivity index (χ1v) is 9.63. The zero-order valence-corrected chi connectivity index (χ0v) is 15.0. The molecule has 2 aromatic carbocycles. The number of anilines is 1. The lowest BCUT2D eigenvalue weighted by atomic mass is 10.2. The smallest absolute Gasteiger partial charge is 0.269 e. The Morgan fingerprint density at radius 1 is 1.00 bits per heavy atom. The van der Waals surface area contributed by atoms with E-state index in [1.165, 1.54) is 24.3 Å². The van der Waals surface area contributed by atoms with Crippen LogP contribution in [-0.4, -0.2) is 20.2 Å². The maximum Gasteiger partial charge on any atom is 0.269 e. The largest absolute Gasteiger partial charge is 0.280 e. The third kappa shape index (κ3) is 4.40. The zero-order valence-electron chi connectivity index (χ0n) is 14.2. The number of hydrogen-bond acceptors (Lipinski definition) is 4. The van der Waals surface area contributed by atoms with Gasteiger partial charge in [0.2, 0.25) is 5.91 Å². The van der Waals surface area contributed by atoms with Crippen molar-refractivity contribution in [1.29, 1.82) is 0 Å². The van der Waals surface area contributed by atoms with Crippen LogP contribution in [0, 0.1) is 12.8 Å². The zero-order chi connectivity index (χ0) is 18.7. The molecule has 0 bridgehead atoms. The minimum absolute atomic E-state index is 0.0410. The molecule has 0 atom stereocenters. The molecule has 2 amide bonds. The van der Waals surface area contributed by atoms with Crippen LogP contribution in [0.3, 0.4) is 0 Å². The molecule has 1 aliphatic rings. The second kappa shape index (κ2) is 7.17. The van der Waals surface area contributed by atoms with Crippen LogP contribution in [-0.2, 0) is 14.8 Å². The summed E-state index contributed by atoms with van der Waals surface area (Å²) in [6.45, 7) is 1.91. The number of carbonyl (C=O) groups is 2. The normalized spacial score (nSPS) is 13.7. The number of sulfonamides is 1. The Labute approximate surface area is 151 Å². The highest BCUT2D eigenvalue weighted by molar-refractivity contribution is 7.92. The van der Waals surface area contributed by atoms with Crippen molar-refractivity contribution in [3.63, 3.8) is 0 Å². The number of rotatable bonds is 5. The van der Waals surface area contributed by atoms with Crippen LogP contribution >= 0.6 is 0 Å². The molecule has 8 heteroatoms. The first-order valence-electron chi connectivity index (χ1n) is 8.15. The van der Waals surface area contributed by atoms with Gasteiger partial charge in [-0.05, 0) is 50.1 Å². The first kappa shape index (κ1) is 17.9. The number of hydrazine groups is 1. The second-order valence-electron chi connectivity index (χ2n) is 6.22. The lowest BCUT2D eigenvalue weighted by molar-refractivity contribution is -0.123. The molecule has 3 N–H and O–H groups in total. The van der Waals surface area contributed by atoms with E-state index in [1.54, 1.807) is 24.3 Å². The number of carbonyl (C=O) groups excluding carboxylic acids is 2. The van der Waals surface area contributed by atoms with Crippen molar-refractivity contribution >= 4 is 27.5 Å². The van der Waals surface area contributed by atoms with Gasteiger partial charge >= 0.3 is 0 Å². The minimum Gasteiger partial charge on any atom is -0.280 e. The van der Waals surface area contributed by atoms with E-state index >= 15 is 0 Å². The molecule has 0 saturated heterocycles. The number of hydrogen-bond donors (Lipinski definition) is 3. The fourth-order valence-electron chi connectivity index (χ4n) is 2.28. The van der Waals surface area contributed by atoms with Gasteiger partial charge in [0, 0.05) is 17.2 Å². The molecule has 0 radical (unpaired) electrons. The minimum atomic E-state index is -3.83. The average Bonchev–Trinajstić information content (AvgIpc) is 3.46. The molecule has 1 aliphatic carbocycles. The van der Waals surface area contributed by atoms with Crippen molar-refractivity contribution in [2.24, 2.45) is 5.92 Å². The molecule has 26 heavy (non-hydrogen) atoms. The Kier molecular flexibility index (Phi) is 4.94. The predicted octanol–water partition coefficient (Wildman–Crippen LogP) is 1.97. The summed E-state index contributed by atoms with van der Waals surface area (Å²) >= 11 is 0. The van der Waals surface area contributed by atoms with Gasteiger partial charge in [0.05, 0.1) is 4.90 Å². The summed E-state index contributed by atoms with van der Waals surface area (Å²) in [6.07, 6.45) is 1.64. The number of nitrogens with one attached hydrogen (secondary N) is 3. The molecule has 0 aliphatic heterocycles. The molecule has 136 valence electrons. The van der Waals surface area contributed by atoms with E-state index in [2.05, 4.69) is 15.6 Å². The van der Waals surface area contributed by atoms with Gasteiger partial charge in [-0.15, -0.1) is 0 Å². The molecule has 1 saturated carbocycles. The van der Waals surface area contributed by atoms with Crippen LogP contribution in [0.5, 0.6) is 0 Å². The maximum atomic E-state index is 12.5. The molecule has 3 rings (SSSR count). The van der Waals surface area contributed by atoms with Gasteiger partial charge in [-0.25, -0.2) is 8.42 Å². The average molecular weight is 373 g/mol. The number of amides is 2. The summed E-state index contributed by atoms with van der Waals surface area (Å²) in [5.74, 6) is -0.852. The Morgan fingerprint density at radius 3 is 2.35 bits per heavy atom. The summed E-state index contributed by atoms with van der Waals surface area (Å²) in [5.41, 5.74) is 6.22. The quantitative estimate of drug-likeness (QED) is 0.697. The molecule has 0 spiro atoms. The highest BCUT2D eigenvalue weighted by Crippen LogP contribution is 2.28. The van der Waals surface area contributed by atoms with Gasteiger partial charge in [0.15, 0.2) is 0 Å². The van der Waals surface area contributed by atoms with Crippen molar-refractivity contribution in [1.82, 2.24) is 10.9 Å². The molecule has 7 nitrogen and oxygen atoms in total. The van der Waals surface area contributed by atoms with Crippen LogP contribution in [0.2, 0.25) is 0 Å². The lowest BCUT2D eigenvalue weighted by Crippen LogP contribution is -2.42. The predicted molar refractivity (Wildman–Crippen MR) is 96.8 cm³/mol. The van der Waals surface area contributed by atoms with E-state index in [0.717, 1.165) is 18.4 Å². The van der Waals surface area contributed by atoms with E-state index in [4.69, 9.17) is 0 Å². The molecular formula is C18H19N3O4S. The van der Waals surface area contributed by atoms with E-state index < -0.39 is 15.9 Å². The third-order valence-electron chi connectivity index (χ3n) is 3.96. The molecule has 2 aromatic rings. The van der Waals surface area contributed by atoms with E-state index in [9.17, 15) is 18.0 Å². The van der Waals surface area contributed by atoms with Gasteiger partial charge in [-0.2, -0.15) is 0 Å². The van der Waals surface area contributed by atoms with Gasteiger partial charge in [-0.3, -0.25) is 25.2 Å². The van der Waals surface area contributed by atoms with Crippen LogP contribution < -0.4 is 15.6 Å². The van der Waals surface area contributed by atoms with Gasteiger partial charge in [0.1, 0.15) is 0 Å². The van der Waals surface area contributed by atoms with Crippen LogP contribution in [0.1, 0.15) is 28.8 Å². The molecule has 0 aromatic heterocycles. The monoisotopic (exact) mass is 373 g/mol. The van der Waals surface area contributed by atoms with Gasteiger partial charge < -0.3 is 0 Å². The van der Waals surface area contributed by atoms with E-state index in [-0.39, 0.29) is 22.3 Å². The van der Waals surface area contributed by atoms with Crippen molar-refractivity contribution in [2.45, 2.75) is 24.7 Å². The lowest BCUT2D eigenvalue weighted by Gasteiger charge is -2.10. The highest BCUT2D eigenvalue weighted by Gasteiger charge is 2.29. The van der Waals surface area contributed by atoms with E-state index in [0.29, 0.717) is 5.69 Å². The van der Waals surface area contributed by atoms with Gasteiger partial charge in [0.25, 0.3) is 15.9 Å². The van der Waals surface area contributed by atoms with Crippen LogP contribution in [0.25, 0.3) is 0 Å². The SMILES string of the molecule is Cc1ccc(NS(=O)(=O)c2cccc(C(=O)NNC(=O)C3CC3)c2)cc1. The number of aryl methyl sites for hydroxylation is 1. The topological polar surface area (TPSA) is 104 Å². The van der Waals surface area contributed by atoms with Crippen molar-refractivity contribution in [3.8, 4) is 0 Å². The highest BCUT2D eigenvalue weighted by atomic mass is 32.2. The van der Waals surface area contributed by atoms with Crippen LogP contribution in [0.15, 0.2) is 53.4 Å². The second-order valence-corrected chi connectivity index (χ2v) is 7.90. The van der Waals surface area contributed by atoms with Crippen molar-refractivity contribution in [2.75, 3.05) is 4.72 Å². The maximum absolute atomic E-state index is 12.5. The summed E-state index contributed by atoms with van der Waals surface area (Å²) in [6, 6.07) is 12.5. The van der Waals surface area contributed by atoms with E-state index in [1.807, 2.05) is 6.92 Å². The Morgan fingerprint density at radius 2 is 1.69 bits per heavy atom. The summed E-state index contributed by atoms with van der Waals surface area (Å²) in [7, 11) is -3.83. The number of benzene rings is 2. The third-order valence-corrected chi connectivity index (χ3v) is 5.34. The molecule has 0 unspecified atom stereocenters. The standard InChI is InChI=1S/C18H19N3O4S/c1-12-5-9-15(10-6-12)21-26(24,25)16-4-2-3-14(11-16)18(23)20-19-17(22)13-7-8-13/h2-6,9-11,13,21H,7-8H2,1H3,(H,19,22)(H,20,23). The Bertz CT molecular complexity index is 935. The van der Waals surface area contributed by atoms with Gasteiger partial charge in [-0.1, -0.05) is 23.8 Å². The molecular weight excluding hydrogens is 354 g/mol. The van der Waals surface area contributed by atoms with Crippen LogP contribution in [0.4, 0.5) is 5.69 Å². The fraction of sp³-hybridized carbons (Fsp3) is 0.222. The first-order chi connectivity index (χ1) is 12.3. The summed E-state index contributed by atoms with van der Waals surface area (Å²) in [5, 5.41) is 0. The van der Waals surface area contributed by atoms with Crippen molar-refractivity contribution < 1.29 is 18.0 Å².